The zero-order valence-electron chi connectivity index (χ0n) is 11.2. The molecule has 4 nitrogen and oxygen atoms in total. The van der Waals surface area contributed by atoms with Crippen molar-refractivity contribution in [2.45, 2.75) is 31.8 Å². The van der Waals surface area contributed by atoms with Crippen LogP contribution in [-0.4, -0.2) is 25.2 Å². The predicted octanol–water partition coefficient (Wildman–Crippen LogP) is 2.28. The highest BCUT2D eigenvalue weighted by Gasteiger charge is 2.49. The first-order valence-corrected chi connectivity index (χ1v) is 6.52. The number of carbonyl (C=O) groups excluding carboxylic acids is 2. The van der Waals surface area contributed by atoms with Gasteiger partial charge in [-0.15, -0.1) is 0 Å². The Hall–Kier alpha value is -1.84. The molecule has 2 rings (SSSR count). The highest BCUT2D eigenvalue weighted by molar-refractivity contribution is 5.89. The van der Waals surface area contributed by atoms with Crippen molar-refractivity contribution >= 4 is 11.9 Å². The highest BCUT2D eigenvalue weighted by Crippen LogP contribution is 2.38. The van der Waals surface area contributed by atoms with Crippen LogP contribution in [0.25, 0.3) is 0 Å². The van der Waals surface area contributed by atoms with E-state index in [1.165, 1.54) is 7.11 Å². The summed E-state index contributed by atoms with van der Waals surface area (Å²) < 4.78 is 10.2. The van der Waals surface area contributed by atoms with Crippen LogP contribution in [0.5, 0.6) is 0 Å². The molecule has 1 aliphatic rings. The Labute approximate surface area is 112 Å². The van der Waals surface area contributed by atoms with Crippen LogP contribution in [0.1, 0.15) is 31.2 Å². The molecule has 1 aliphatic heterocycles. The van der Waals surface area contributed by atoms with Crippen LogP contribution in [0.2, 0.25) is 0 Å². The number of benzene rings is 1. The van der Waals surface area contributed by atoms with Gasteiger partial charge in [-0.25, -0.2) is 0 Å². The summed E-state index contributed by atoms with van der Waals surface area (Å²) >= 11 is 0. The number of carbonyl (C=O) groups is 2. The van der Waals surface area contributed by atoms with Gasteiger partial charge in [0.15, 0.2) is 0 Å². The number of hydrogen-bond acceptors (Lipinski definition) is 4. The Morgan fingerprint density at radius 3 is 2.58 bits per heavy atom. The van der Waals surface area contributed by atoms with E-state index in [1.807, 2.05) is 37.3 Å². The van der Waals surface area contributed by atoms with Crippen LogP contribution in [-0.2, 0) is 19.1 Å². The normalized spacial score (nSPS) is 26.0. The molecular formula is C15H18O4. The second-order valence-electron chi connectivity index (χ2n) is 4.70. The molecule has 0 N–H and O–H groups in total. The lowest BCUT2D eigenvalue weighted by molar-refractivity contribution is -0.148. The van der Waals surface area contributed by atoms with Gasteiger partial charge in [0.25, 0.3) is 0 Å². The summed E-state index contributed by atoms with van der Waals surface area (Å²) in [5.41, 5.74) is 0.807. The minimum Gasteiger partial charge on any atom is -0.469 e. The molecule has 102 valence electrons. The second-order valence-corrected chi connectivity index (χ2v) is 4.70. The number of esters is 2. The van der Waals surface area contributed by atoms with Crippen LogP contribution < -0.4 is 0 Å². The molecule has 1 aromatic rings. The van der Waals surface area contributed by atoms with Crippen LogP contribution >= 0.6 is 0 Å². The van der Waals surface area contributed by atoms with E-state index in [1.54, 1.807) is 0 Å². The molecule has 0 bridgehead atoms. The minimum atomic E-state index is -0.551. The van der Waals surface area contributed by atoms with E-state index in [4.69, 9.17) is 9.47 Å². The monoisotopic (exact) mass is 262 g/mol. The van der Waals surface area contributed by atoms with Gasteiger partial charge < -0.3 is 9.47 Å². The van der Waals surface area contributed by atoms with Crippen molar-refractivity contribution in [3.63, 3.8) is 0 Å². The molecule has 0 unspecified atom stereocenters. The summed E-state index contributed by atoms with van der Waals surface area (Å²) in [5.74, 6) is -1.80. The molecule has 0 amide bonds. The number of rotatable bonds is 4. The van der Waals surface area contributed by atoms with Crippen molar-refractivity contribution < 1.29 is 19.1 Å². The fourth-order valence-corrected chi connectivity index (χ4v) is 2.61. The van der Waals surface area contributed by atoms with Gasteiger partial charge in [-0.2, -0.15) is 0 Å². The molecule has 0 aliphatic carbocycles. The second kappa shape index (κ2) is 5.87. The fraction of sp³-hybridized carbons (Fsp3) is 0.467. The average Bonchev–Trinajstić information content (AvgIpc) is 2.76. The van der Waals surface area contributed by atoms with Crippen LogP contribution in [0.4, 0.5) is 0 Å². The lowest BCUT2D eigenvalue weighted by atomic mass is 9.83. The van der Waals surface area contributed by atoms with Gasteiger partial charge >= 0.3 is 11.9 Å². The van der Waals surface area contributed by atoms with Crippen LogP contribution in [0, 0.1) is 5.92 Å². The molecule has 0 radical (unpaired) electrons. The fourth-order valence-electron chi connectivity index (χ4n) is 2.61. The molecule has 0 saturated carbocycles. The van der Waals surface area contributed by atoms with Crippen LogP contribution in [0.15, 0.2) is 30.3 Å². The number of methoxy groups -OCH3 is 1. The first-order valence-electron chi connectivity index (χ1n) is 6.52. The molecule has 0 spiro atoms. The van der Waals surface area contributed by atoms with Crippen molar-refractivity contribution in [1.29, 1.82) is 0 Å². The lowest BCUT2D eigenvalue weighted by Crippen LogP contribution is -2.29. The van der Waals surface area contributed by atoms with Gasteiger partial charge in [-0.1, -0.05) is 43.7 Å². The van der Waals surface area contributed by atoms with Gasteiger partial charge in [0, 0.05) is 0 Å². The molecular weight excluding hydrogens is 244 g/mol. The summed E-state index contributed by atoms with van der Waals surface area (Å²) in [6.45, 7) is 2.00. The Balaban J connectivity index is 2.34. The SMILES string of the molecule is CCC[C@@H]1OC(=O)[C@H](c2ccccc2)[C@H]1C(=O)OC. The summed E-state index contributed by atoms with van der Waals surface area (Å²) in [7, 11) is 1.34. The first kappa shape index (κ1) is 13.6. The zero-order chi connectivity index (χ0) is 13.8. The lowest BCUT2D eigenvalue weighted by Gasteiger charge is -2.18. The molecule has 1 saturated heterocycles. The number of hydrogen-bond donors (Lipinski definition) is 0. The molecule has 19 heavy (non-hydrogen) atoms. The molecule has 4 heteroatoms. The van der Waals surface area contributed by atoms with E-state index in [-0.39, 0.29) is 18.0 Å². The molecule has 3 atom stereocenters. The van der Waals surface area contributed by atoms with E-state index in [0.29, 0.717) is 6.42 Å². The maximum Gasteiger partial charge on any atom is 0.314 e. The summed E-state index contributed by atoms with van der Waals surface area (Å²) in [5, 5.41) is 0. The third kappa shape index (κ3) is 2.62. The van der Waals surface area contributed by atoms with Gasteiger partial charge in [-0.3, -0.25) is 9.59 Å². The van der Waals surface area contributed by atoms with Crippen molar-refractivity contribution in [2.75, 3.05) is 7.11 Å². The average molecular weight is 262 g/mol. The van der Waals surface area contributed by atoms with Crippen molar-refractivity contribution in [1.82, 2.24) is 0 Å². The number of cyclic esters (lactones) is 1. The van der Waals surface area contributed by atoms with Gasteiger partial charge in [0.1, 0.15) is 12.0 Å². The molecule has 0 aromatic heterocycles. The molecule has 1 fully saturated rings. The quantitative estimate of drug-likeness (QED) is 0.781. The largest absolute Gasteiger partial charge is 0.469 e. The van der Waals surface area contributed by atoms with E-state index in [9.17, 15) is 9.59 Å². The summed E-state index contributed by atoms with van der Waals surface area (Å²) in [6, 6.07) is 9.26. The Bertz CT molecular complexity index is 454. The first-order chi connectivity index (χ1) is 9.19. The van der Waals surface area contributed by atoms with Crippen molar-refractivity contribution in [2.24, 2.45) is 5.92 Å². The Kier molecular flexibility index (Phi) is 4.20. The Morgan fingerprint density at radius 2 is 2.00 bits per heavy atom. The van der Waals surface area contributed by atoms with E-state index < -0.39 is 11.8 Å². The highest BCUT2D eigenvalue weighted by atomic mass is 16.6. The summed E-state index contributed by atoms with van der Waals surface area (Å²) in [6.07, 6.45) is 1.15. The number of ether oxygens (including phenoxy) is 2. The van der Waals surface area contributed by atoms with Crippen LogP contribution in [0.3, 0.4) is 0 Å². The summed E-state index contributed by atoms with van der Waals surface area (Å²) in [4.78, 5) is 24.0. The minimum absolute atomic E-state index is 0.333. The van der Waals surface area contributed by atoms with Gasteiger partial charge in [0.2, 0.25) is 0 Å². The van der Waals surface area contributed by atoms with Gasteiger partial charge in [0.05, 0.1) is 13.0 Å². The zero-order valence-corrected chi connectivity index (χ0v) is 11.2. The maximum absolute atomic E-state index is 12.1. The topological polar surface area (TPSA) is 52.6 Å². The standard InChI is InChI=1S/C15H18O4/c1-3-7-11-13(14(16)18-2)12(15(17)19-11)10-8-5-4-6-9-10/h4-6,8-9,11-13H,3,7H2,1-2H3/t11-,12+,13-/m0/s1. The Morgan fingerprint density at radius 1 is 1.32 bits per heavy atom. The predicted molar refractivity (Wildman–Crippen MR) is 69.5 cm³/mol. The van der Waals surface area contributed by atoms with E-state index in [0.717, 1.165) is 12.0 Å². The third-order valence-electron chi connectivity index (χ3n) is 3.49. The van der Waals surface area contributed by atoms with E-state index in [2.05, 4.69) is 0 Å². The van der Waals surface area contributed by atoms with Crippen molar-refractivity contribution in [3.8, 4) is 0 Å². The molecule has 1 heterocycles. The smallest absolute Gasteiger partial charge is 0.314 e. The molecule has 1 aromatic carbocycles. The third-order valence-corrected chi connectivity index (χ3v) is 3.49. The van der Waals surface area contributed by atoms with E-state index >= 15 is 0 Å². The van der Waals surface area contributed by atoms with Gasteiger partial charge in [-0.05, 0) is 12.0 Å². The van der Waals surface area contributed by atoms with Crippen molar-refractivity contribution in [3.05, 3.63) is 35.9 Å². The maximum atomic E-state index is 12.1.